The van der Waals surface area contributed by atoms with Crippen LogP contribution in [-0.4, -0.2) is 95.4 Å². The van der Waals surface area contributed by atoms with Gasteiger partial charge in [-0.05, 0) is 74.8 Å². The molecule has 1 saturated heterocycles. The van der Waals surface area contributed by atoms with E-state index in [1.807, 2.05) is 37.3 Å². The molecule has 0 saturated carbocycles. The summed E-state index contributed by atoms with van der Waals surface area (Å²) in [7, 11) is 0. The Labute approximate surface area is 310 Å². The molecule has 0 bridgehead atoms. The van der Waals surface area contributed by atoms with E-state index in [9.17, 15) is 14.4 Å². The highest BCUT2D eigenvalue weighted by molar-refractivity contribution is 6.08. The first kappa shape index (κ1) is 35.9. The molecule has 0 spiro atoms. The Morgan fingerprint density at radius 1 is 0.759 bits per heavy atom. The van der Waals surface area contributed by atoms with Gasteiger partial charge in [0.25, 0.3) is 23.6 Å². The topological polar surface area (TPSA) is 184 Å². The summed E-state index contributed by atoms with van der Waals surface area (Å²) in [6.45, 7) is 7.38. The molecule has 8 rings (SSSR count). The summed E-state index contributed by atoms with van der Waals surface area (Å²) in [6, 6.07) is 17.5. The molecule has 2 aromatic carbocycles. The molecule has 3 N–H and O–H groups in total. The van der Waals surface area contributed by atoms with Gasteiger partial charge in [0.15, 0.2) is 11.5 Å². The van der Waals surface area contributed by atoms with Crippen molar-refractivity contribution in [2.45, 2.75) is 19.8 Å². The Kier molecular flexibility index (Phi) is 10.9. The smallest absolute Gasteiger partial charge is 0.337 e. The molecule has 3 aliphatic rings. The number of amides is 2. The highest BCUT2D eigenvalue weighted by Gasteiger charge is 2.18. The maximum atomic E-state index is 13.2. The summed E-state index contributed by atoms with van der Waals surface area (Å²) in [5.74, 6) is 0.506. The van der Waals surface area contributed by atoms with Gasteiger partial charge in [0, 0.05) is 59.5 Å². The number of likely N-dealkylation sites (tertiary alicyclic amines) is 1. The third kappa shape index (κ3) is 8.75. The highest BCUT2D eigenvalue weighted by atomic mass is 16.6. The molecule has 15 heteroatoms. The van der Waals surface area contributed by atoms with Crippen LogP contribution in [0.4, 0.5) is 11.4 Å². The molecule has 5 aromatic rings. The summed E-state index contributed by atoms with van der Waals surface area (Å²) in [5.41, 5.74) is 3.68. The second-order valence-corrected chi connectivity index (χ2v) is 12.6. The van der Waals surface area contributed by atoms with E-state index in [1.54, 1.807) is 24.3 Å². The number of carbonyl (C=O) groups is 3. The van der Waals surface area contributed by atoms with Gasteiger partial charge in [0.05, 0.1) is 16.6 Å². The molecular weight excluding hydrogens is 696 g/mol. The summed E-state index contributed by atoms with van der Waals surface area (Å²) < 4.78 is 27.1. The van der Waals surface area contributed by atoms with Gasteiger partial charge in [-0.15, -0.1) is 0 Å². The number of rotatable bonds is 9. The van der Waals surface area contributed by atoms with Crippen LogP contribution in [0.25, 0.3) is 10.9 Å². The molecule has 0 unspecified atom stereocenters. The van der Waals surface area contributed by atoms with E-state index >= 15 is 0 Å². The summed E-state index contributed by atoms with van der Waals surface area (Å²) in [6.07, 6.45) is 5.20. The number of carboxylic acid groups (broad SMARTS) is 1. The number of carbonyl (C=O) groups excluding carboxylic acids is 2. The Hall–Kier alpha value is -6.48. The number of benzene rings is 2. The van der Waals surface area contributed by atoms with Crippen LogP contribution in [-0.2, 0) is 0 Å². The quantitative estimate of drug-likeness (QED) is 0.179. The fraction of sp³-hybridized carbons (Fsp3) is 0.282. The summed E-state index contributed by atoms with van der Waals surface area (Å²) in [5, 5.41) is 15.3. The molecule has 15 nitrogen and oxygen atoms in total. The lowest BCUT2D eigenvalue weighted by atomic mass is 10.1. The van der Waals surface area contributed by atoms with E-state index in [1.165, 1.54) is 31.3 Å². The lowest BCUT2D eigenvalue weighted by Gasteiger charge is -2.17. The third-order valence-electron chi connectivity index (χ3n) is 8.83. The Morgan fingerprint density at radius 3 is 2.15 bits per heavy atom. The van der Waals surface area contributed by atoms with Crippen molar-refractivity contribution in [3.8, 4) is 29.1 Å². The van der Waals surface area contributed by atoms with Crippen molar-refractivity contribution in [3.05, 3.63) is 95.3 Å². The monoisotopic (exact) mass is 734 g/mol. The predicted molar refractivity (Wildman–Crippen MR) is 197 cm³/mol. The Morgan fingerprint density at radius 2 is 1.43 bits per heavy atom. The van der Waals surface area contributed by atoms with Crippen molar-refractivity contribution in [3.63, 3.8) is 0 Å². The van der Waals surface area contributed by atoms with Gasteiger partial charge >= 0.3 is 5.97 Å². The number of ether oxygens (including phenoxy) is 5. The van der Waals surface area contributed by atoms with E-state index < -0.39 is 5.97 Å². The zero-order valence-corrected chi connectivity index (χ0v) is 29.5. The molecule has 0 radical (unpaired) electrons. The average molecular weight is 735 g/mol. The number of carboxylic acids is 1. The van der Waals surface area contributed by atoms with Crippen molar-refractivity contribution < 1.29 is 43.2 Å². The Bertz CT molecular complexity index is 2190. The number of anilines is 2. The second kappa shape index (κ2) is 16.5. The molecule has 278 valence electrons. The number of nitrogens with zero attached hydrogens (tertiary/aromatic N) is 4. The number of nitrogens with one attached hydrogen (secondary N) is 2. The first-order chi connectivity index (χ1) is 26.3. The van der Waals surface area contributed by atoms with Gasteiger partial charge < -0.3 is 39.4 Å². The molecule has 0 atom stereocenters. The van der Waals surface area contributed by atoms with Gasteiger partial charge in [-0.2, -0.15) is 0 Å². The van der Waals surface area contributed by atoms with Gasteiger partial charge in [0.1, 0.15) is 33.0 Å². The fourth-order valence-electron chi connectivity index (χ4n) is 5.95. The predicted octanol–water partition coefficient (Wildman–Crippen LogP) is 5.24. The van der Waals surface area contributed by atoms with Gasteiger partial charge in [-0.1, -0.05) is 6.07 Å². The largest absolute Gasteiger partial charge is 0.484 e. The standard InChI is InChI=1S/C31H31N5O5.C8H7NO4/c1-20-4-7-24(33-30(38)23-17-27-31(32-19-23)41-15-14-39-27)18-26(20)35-29(37)22-5-8-25-21(16-22)6-9-28(34-25)40-13-12-36-10-2-3-11-36;10-8(11)5-3-6-7(9-4-5)13-2-1-12-6/h4-9,16-19H,2-3,10-15H2,1H3,(H,33,38)(H,35,37);3-4H,1-2H2,(H,10,11). The maximum absolute atomic E-state index is 13.2. The van der Waals surface area contributed by atoms with Crippen LogP contribution in [0.5, 0.6) is 29.1 Å². The van der Waals surface area contributed by atoms with E-state index in [2.05, 4.69) is 30.5 Å². The van der Waals surface area contributed by atoms with Crippen LogP contribution in [0, 0.1) is 6.92 Å². The van der Waals surface area contributed by atoms with E-state index in [-0.39, 0.29) is 17.4 Å². The molecule has 2 amide bonds. The number of aromatic carboxylic acids is 1. The maximum Gasteiger partial charge on any atom is 0.337 e. The molecule has 6 heterocycles. The number of pyridine rings is 3. The van der Waals surface area contributed by atoms with E-state index in [4.69, 9.17) is 28.8 Å². The van der Waals surface area contributed by atoms with Crippen LogP contribution in [0.2, 0.25) is 0 Å². The Balaban J connectivity index is 0.000000291. The molecule has 1 fully saturated rings. The number of aryl methyl sites for hydroxylation is 1. The number of aromatic nitrogens is 3. The molecule has 54 heavy (non-hydrogen) atoms. The fourth-order valence-corrected chi connectivity index (χ4v) is 5.95. The minimum atomic E-state index is -1.02. The van der Waals surface area contributed by atoms with Gasteiger partial charge in [-0.25, -0.2) is 19.7 Å². The highest BCUT2D eigenvalue weighted by Crippen LogP contribution is 2.30. The van der Waals surface area contributed by atoms with Crippen molar-refractivity contribution in [1.29, 1.82) is 0 Å². The lowest BCUT2D eigenvalue weighted by molar-refractivity contribution is 0.0694. The van der Waals surface area contributed by atoms with Crippen LogP contribution < -0.4 is 34.3 Å². The normalized spacial score (nSPS) is 14.4. The van der Waals surface area contributed by atoms with Crippen LogP contribution >= 0.6 is 0 Å². The third-order valence-corrected chi connectivity index (χ3v) is 8.83. The van der Waals surface area contributed by atoms with Gasteiger partial charge in [-0.3, -0.25) is 14.5 Å². The lowest BCUT2D eigenvalue weighted by Crippen LogP contribution is -2.25. The zero-order chi connectivity index (χ0) is 37.4. The SMILES string of the molecule is Cc1ccc(NC(=O)c2cnc3c(c2)OCCO3)cc1NC(=O)c1ccc2nc(OCCN3CCCC3)ccc2c1.O=C(O)c1cnc2c(c1)OCCO2. The number of fused-ring (bicyclic) bond motifs is 3. The number of hydrogen-bond donors (Lipinski definition) is 3. The van der Waals surface area contributed by atoms with Crippen LogP contribution in [0.3, 0.4) is 0 Å². The van der Waals surface area contributed by atoms with Crippen molar-refractivity contribution in [2.75, 3.05) is 63.3 Å². The molecule has 3 aromatic heterocycles. The second-order valence-electron chi connectivity index (χ2n) is 12.6. The molecule has 3 aliphatic heterocycles. The van der Waals surface area contributed by atoms with Crippen molar-refractivity contribution >= 4 is 40.1 Å². The summed E-state index contributed by atoms with van der Waals surface area (Å²) >= 11 is 0. The average Bonchev–Trinajstić information content (AvgIpc) is 3.72. The zero-order valence-electron chi connectivity index (χ0n) is 29.5. The van der Waals surface area contributed by atoms with E-state index in [0.29, 0.717) is 84.7 Å². The van der Waals surface area contributed by atoms with Gasteiger partial charge in [0.2, 0.25) is 5.88 Å². The minimum absolute atomic E-state index is 0.101. The van der Waals surface area contributed by atoms with Crippen molar-refractivity contribution in [2.24, 2.45) is 0 Å². The molecule has 0 aliphatic carbocycles. The molecular formula is C39H38N6O9. The minimum Gasteiger partial charge on any atom is -0.484 e. The first-order valence-electron chi connectivity index (χ1n) is 17.5. The van der Waals surface area contributed by atoms with Crippen LogP contribution in [0.1, 0.15) is 49.5 Å². The van der Waals surface area contributed by atoms with E-state index in [0.717, 1.165) is 36.1 Å². The van der Waals surface area contributed by atoms with Crippen LogP contribution in [0.15, 0.2) is 73.1 Å². The summed E-state index contributed by atoms with van der Waals surface area (Å²) in [4.78, 5) is 51.5. The first-order valence-corrected chi connectivity index (χ1v) is 17.5. The van der Waals surface area contributed by atoms with Crippen molar-refractivity contribution in [1.82, 2.24) is 19.9 Å². The number of hydrogen-bond acceptors (Lipinski definition) is 12.